The van der Waals surface area contributed by atoms with Gasteiger partial charge in [-0.1, -0.05) is 0 Å². The predicted molar refractivity (Wildman–Crippen MR) is 143 cm³/mol. The van der Waals surface area contributed by atoms with Crippen LogP contribution in [0.4, 0.5) is 11.4 Å². The molecule has 0 unspecified atom stereocenters. The van der Waals surface area contributed by atoms with Crippen LogP contribution in [0, 0.1) is 13.8 Å². The van der Waals surface area contributed by atoms with Crippen LogP contribution in [0.1, 0.15) is 15.8 Å². The van der Waals surface area contributed by atoms with Crippen LogP contribution in [0.5, 0.6) is 0 Å². The summed E-state index contributed by atoms with van der Waals surface area (Å²) in [5.41, 5.74) is 10.3. The van der Waals surface area contributed by atoms with Crippen molar-refractivity contribution in [3.63, 3.8) is 0 Å². The highest BCUT2D eigenvalue weighted by Gasteiger charge is 2.31. The molecular weight excluding hydrogens is 480 g/mol. The quantitative estimate of drug-likeness (QED) is 0.278. The Morgan fingerprint density at radius 1 is 0.886 bits per heavy atom. The smallest absolute Gasteiger partial charge is 0.216 e. The average molecular weight is 503 g/mol. The molecule has 176 valence electrons. The van der Waals surface area contributed by atoms with Gasteiger partial charge in [0.25, 0.3) is 0 Å². The van der Waals surface area contributed by atoms with E-state index in [0.717, 1.165) is 41.8 Å². The lowest BCUT2D eigenvalue weighted by molar-refractivity contribution is 0.400. The molecule has 0 aliphatic carbocycles. The van der Waals surface area contributed by atoms with Crippen molar-refractivity contribution in [2.45, 2.75) is 26.1 Å². The average Bonchev–Trinajstić information content (AvgIpc) is 3.51. The largest absolute Gasteiger partial charge is 0.469 e. The molecule has 0 amide bonds. The highest BCUT2D eigenvalue weighted by Crippen LogP contribution is 2.27. The van der Waals surface area contributed by atoms with Gasteiger partial charge in [-0.25, -0.2) is 20.0 Å². The second kappa shape index (κ2) is 8.45. The van der Waals surface area contributed by atoms with E-state index in [0.29, 0.717) is 24.1 Å². The normalized spacial score (nSPS) is 15.1. The first-order chi connectivity index (χ1) is 16.9. The second-order valence-corrected chi connectivity index (χ2v) is 10.7. The van der Waals surface area contributed by atoms with E-state index in [1.807, 2.05) is 62.4 Å². The molecule has 4 heterocycles. The molecule has 5 N–H and O–H groups in total. The number of nitrogens with one attached hydrogen (secondary N) is 3. The molecule has 0 saturated carbocycles. The Labute approximate surface area is 208 Å². The van der Waals surface area contributed by atoms with E-state index in [1.54, 1.807) is 28.9 Å². The summed E-state index contributed by atoms with van der Waals surface area (Å²) in [6.45, 7) is 4.00. The monoisotopic (exact) mass is 502 g/mol. The fourth-order valence-corrected chi connectivity index (χ4v) is 5.69. The summed E-state index contributed by atoms with van der Waals surface area (Å²) >= 11 is 3.29. The maximum Gasteiger partial charge on any atom is 0.216 e. The van der Waals surface area contributed by atoms with Gasteiger partial charge in [0.05, 0.1) is 43.1 Å². The van der Waals surface area contributed by atoms with Crippen LogP contribution in [0.15, 0.2) is 69.2 Å². The summed E-state index contributed by atoms with van der Waals surface area (Å²) in [5.74, 6) is 0.395. The number of anilines is 2. The number of aliphatic imine (C=N–C) groups is 2. The number of nitrogens with two attached hydrogens (primary N) is 1. The van der Waals surface area contributed by atoms with E-state index in [1.165, 1.54) is 0 Å². The van der Waals surface area contributed by atoms with E-state index in [-0.39, 0.29) is 0 Å². The summed E-state index contributed by atoms with van der Waals surface area (Å²) in [4.78, 5) is 18.4. The van der Waals surface area contributed by atoms with Crippen molar-refractivity contribution in [2.75, 3.05) is 10.6 Å². The summed E-state index contributed by atoms with van der Waals surface area (Å²) in [6, 6.07) is 15.7. The molecule has 2 aromatic carbocycles. The van der Waals surface area contributed by atoms with Gasteiger partial charge in [-0.2, -0.15) is 0 Å². The SMILES string of the molecule is Cc1nc2ccc(NC3=NC(N)(Cc4ccco4)N=C(Nc4ccc5nc(C)sc5c4)N3)cc2s1. The molecule has 6 rings (SSSR count). The van der Waals surface area contributed by atoms with Gasteiger partial charge in [-0.3, -0.25) is 11.1 Å². The minimum atomic E-state index is -1.26. The van der Waals surface area contributed by atoms with Gasteiger partial charge in [0, 0.05) is 11.4 Å². The molecule has 0 atom stereocenters. The molecule has 1 aliphatic heterocycles. The fourth-order valence-electron chi connectivity index (χ4n) is 3.96. The van der Waals surface area contributed by atoms with Gasteiger partial charge >= 0.3 is 0 Å². The molecule has 0 bridgehead atoms. The predicted octanol–water partition coefficient (Wildman–Crippen LogP) is 4.81. The molecule has 0 fully saturated rings. The Morgan fingerprint density at radius 2 is 1.46 bits per heavy atom. The molecular formula is C24H22N8OS2. The van der Waals surface area contributed by atoms with Crippen molar-refractivity contribution in [2.24, 2.45) is 15.7 Å². The van der Waals surface area contributed by atoms with Crippen LogP contribution < -0.4 is 21.7 Å². The van der Waals surface area contributed by atoms with E-state index in [9.17, 15) is 0 Å². The Bertz CT molecular complexity index is 1500. The van der Waals surface area contributed by atoms with Gasteiger partial charge in [0.1, 0.15) is 5.76 Å². The number of aryl methyl sites for hydroxylation is 2. The van der Waals surface area contributed by atoms with Crippen molar-refractivity contribution in [3.8, 4) is 0 Å². The number of hydrogen-bond acceptors (Lipinski definition) is 11. The molecule has 0 spiro atoms. The number of fused-ring (bicyclic) bond motifs is 2. The summed E-state index contributed by atoms with van der Waals surface area (Å²) in [6.07, 6.45) is 1.92. The lowest BCUT2D eigenvalue weighted by Crippen LogP contribution is -2.52. The van der Waals surface area contributed by atoms with Crippen LogP contribution in [0.25, 0.3) is 20.4 Å². The number of guanidine groups is 2. The summed E-state index contributed by atoms with van der Waals surface area (Å²) in [7, 11) is 0. The third-order valence-electron chi connectivity index (χ3n) is 5.38. The van der Waals surface area contributed by atoms with E-state index < -0.39 is 5.79 Å². The third kappa shape index (κ3) is 4.61. The maximum absolute atomic E-state index is 6.66. The van der Waals surface area contributed by atoms with Gasteiger partial charge < -0.3 is 15.1 Å². The van der Waals surface area contributed by atoms with Crippen molar-refractivity contribution in [1.82, 2.24) is 15.3 Å². The van der Waals surface area contributed by atoms with Gasteiger partial charge in [-0.15, -0.1) is 22.7 Å². The van der Waals surface area contributed by atoms with Crippen molar-refractivity contribution < 1.29 is 4.42 Å². The highest BCUT2D eigenvalue weighted by atomic mass is 32.1. The molecule has 0 saturated heterocycles. The van der Waals surface area contributed by atoms with Crippen LogP contribution >= 0.6 is 22.7 Å². The van der Waals surface area contributed by atoms with Gasteiger partial charge in [0.2, 0.25) is 17.7 Å². The van der Waals surface area contributed by atoms with Crippen LogP contribution in [0.3, 0.4) is 0 Å². The number of furan rings is 1. The summed E-state index contributed by atoms with van der Waals surface area (Å²) in [5, 5.41) is 12.0. The zero-order valence-corrected chi connectivity index (χ0v) is 20.6. The maximum atomic E-state index is 6.66. The molecule has 5 aromatic rings. The van der Waals surface area contributed by atoms with Crippen LogP contribution in [0.2, 0.25) is 0 Å². The number of rotatable bonds is 4. The molecule has 0 radical (unpaired) electrons. The van der Waals surface area contributed by atoms with Gasteiger partial charge in [0.15, 0.2) is 0 Å². The number of thiazole rings is 2. The van der Waals surface area contributed by atoms with Crippen LogP contribution in [-0.2, 0) is 6.42 Å². The molecule has 3 aromatic heterocycles. The van der Waals surface area contributed by atoms with Crippen molar-refractivity contribution in [3.05, 3.63) is 70.6 Å². The first kappa shape index (κ1) is 21.7. The lowest BCUT2D eigenvalue weighted by Gasteiger charge is -2.28. The number of hydrogen-bond donors (Lipinski definition) is 4. The molecule has 9 nitrogen and oxygen atoms in total. The second-order valence-electron chi connectivity index (χ2n) is 8.26. The Kier molecular flexibility index (Phi) is 5.24. The minimum absolute atomic E-state index is 0.304. The van der Waals surface area contributed by atoms with Gasteiger partial charge in [-0.05, 0) is 62.4 Å². The van der Waals surface area contributed by atoms with Crippen molar-refractivity contribution >= 4 is 66.4 Å². The Hall–Kier alpha value is -3.80. The van der Waals surface area contributed by atoms with E-state index in [2.05, 4.69) is 35.9 Å². The molecule has 1 aliphatic rings. The number of benzene rings is 2. The zero-order valence-electron chi connectivity index (χ0n) is 19.0. The molecule has 35 heavy (non-hydrogen) atoms. The van der Waals surface area contributed by atoms with Crippen molar-refractivity contribution in [1.29, 1.82) is 0 Å². The lowest BCUT2D eigenvalue weighted by atomic mass is 10.2. The number of nitrogens with zero attached hydrogens (tertiary/aromatic N) is 4. The highest BCUT2D eigenvalue weighted by molar-refractivity contribution is 7.18. The number of aromatic nitrogens is 2. The summed E-state index contributed by atoms with van der Waals surface area (Å²) < 4.78 is 7.71. The Morgan fingerprint density at radius 3 is 1.97 bits per heavy atom. The first-order valence-corrected chi connectivity index (χ1v) is 12.6. The standard InChI is InChI=1S/C24H22N8OS2/c1-13-26-18-7-5-15(10-20(18)34-13)28-22-30-23(32-24(25,31-22)12-17-4-3-9-33-17)29-16-6-8-19-21(11-16)35-14(2)27-19/h3-11H,12,25H2,1-2H3,(H3,28,29,30,31,32). The van der Waals surface area contributed by atoms with E-state index in [4.69, 9.17) is 10.2 Å². The zero-order chi connectivity index (χ0) is 24.0. The fraction of sp³-hybridized carbons (Fsp3) is 0.167. The topological polar surface area (TPSA) is 126 Å². The Balaban J connectivity index is 1.30. The minimum Gasteiger partial charge on any atom is -0.469 e. The third-order valence-corrected chi connectivity index (χ3v) is 7.25. The first-order valence-electron chi connectivity index (χ1n) is 11.0. The molecule has 11 heteroatoms. The van der Waals surface area contributed by atoms with E-state index >= 15 is 0 Å². The van der Waals surface area contributed by atoms with Crippen LogP contribution in [-0.4, -0.2) is 27.7 Å².